The minimum atomic E-state index is -0.763. The van der Waals surface area contributed by atoms with Gasteiger partial charge in [-0.15, -0.1) is 11.8 Å². The van der Waals surface area contributed by atoms with Crippen LogP contribution in [0.3, 0.4) is 0 Å². The number of carbonyl (C=O) groups is 2. The van der Waals surface area contributed by atoms with Crippen molar-refractivity contribution in [1.82, 2.24) is 15.1 Å². The molecular formula is C27H20N6O4S. The van der Waals surface area contributed by atoms with Crippen molar-refractivity contribution in [1.29, 1.82) is 5.26 Å². The molecule has 3 aromatic carbocycles. The molecule has 0 atom stereocenters. The fraction of sp³-hybridized carbons (Fsp3) is 0.0741. The Morgan fingerprint density at radius 2 is 1.79 bits per heavy atom. The number of aromatic amines is 2. The van der Waals surface area contributed by atoms with Crippen LogP contribution in [0, 0.1) is 11.3 Å². The molecule has 0 bridgehead atoms. The molecule has 38 heavy (non-hydrogen) atoms. The summed E-state index contributed by atoms with van der Waals surface area (Å²) in [5.41, 5.74) is 2.82. The number of aromatic nitrogens is 3. The number of fused-ring (bicyclic) bond motifs is 1. The number of H-pyrrole nitrogens is 2. The lowest BCUT2D eigenvalue weighted by Crippen LogP contribution is -2.14. The molecule has 0 spiro atoms. The summed E-state index contributed by atoms with van der Waals surface area (Å²) in [6.45, 7) is 2.07. The fourth-order valence-electron chi connectivity index (χ4n) is 3.90. The summed E-state index contributed by atoms with van der Waals surface area (Å²) in [4.78, 5) is 44.0. The van der Waals surface area contributed by atoms with Gasteiger partial charge in [-0.2, -0.15) is 5.26 Å². The molecule has 2 aromatic heterocycles. The van der Waals surface area contributed by atoms with Crippen LogP contribution in [0.4, 0.5) is 11.4 Å². The number of para-hydroxylation sites is 1. The number of nitriles is 1. The summed E-state index contributed by atoms with van der Waals surface area (Å²) in [6, 6.07) is 21.0. The first kappa shape index (κ1) is 24.6. The van der Waals surface area contributed by atoms with Crippen molar-refractivity contribution in [3.05, 3.63) is 94.1 Å². The van der Waals surface area contributed by atoms with E-state index >= 15 is 0 Å². The third kappa shape index (κ3) is 5.07. The number of amides is 2. The van der Waals surface area contributed by atoms with Crippen molar-refractivity contribution in [3.8, 4) is 17.5 Å². The topological polar surface area (TPSA) is 157 Å². The Kier molecular flexibility index (Phi) is 6.80. The highest BCUT2D eigenvalue weighted by atomic mass is 32.2. The maximum Gasteiger partial charge on any atom is 0.439 e. The molecule has 0 saturated carbocycles. The van der Waals surface area contributed by atoms with Gasteiger partial charge in [0, 0.05) is 21.4 Å². The molecular weight excluding hydrogens is 504 g/mol. The molecule has 2 amide bonds. The van der Waals surface area contributed by atoms with Crippen molar-refractivity contribution >= 4 is 45.9 Å². The molecule has 0 aliphatic rings. The SMILES string of the molecule is CCSc1ccc(C(=O)Nc2cccc3cc(C(=O)Nc4ccc(C#N)cc4-c4noc(=O)[nH]4)[nH]c23)cc1. The largest absolute Gasteiger partial charge is 0.439 e. The first-order valence-corrected chi connectivity index (χ1v) is 12.5. The highest BCUT2D eigenvalue weighted by Crippen LogP contribution is 2.28. The van der Waals surface area contributed by atoms with Gasteiger partial charge in [-0.3, -0.25) is 19.1 Å². The Morgan fingerprint density at radius 1 is 1.00 bits per heavy atom. The average Bonchev–Trinajstić information content (AvgIpc) is 3.56. The van der Waals surface area contributed by atoms with E-state index < -0.39 is 11.7 Å². The molecule has 0 unspecified atom stereocenters. The number of anilines is 2. The van der Waals surface area contributed by atoms with Crippen molar-refractivity contribution < 1.29 is 14.1 Å². The second-order valence-electron chi connectivity index (χ2n) is 8.13. The molecule has 5 rings (SSSR count). The van der Waals surface area contributed by atoms with Crippen LogP contribution in [0.1, 0.15) is 33.3 Å². The van der Waals surface area contributed by atoms with Gasteiger partial charge in [0.05, 0.1) is 28.5 Å². The minimum Gasteiger partial charge on any atom is -0.349 e. The number of nitrogens with zero attached hydrogens (tertiary/aromatic N) is 2. The maximum absolute atomic E-state index is 13.2. The summed E-state index contributed by atoms with van der Waals surface area (Å²) in [7, 11) is 0. The maximum atomic E-state index is 13.2. The number of benzene rings is 3. The van der Waals surface area contributed by atoms with E-state index in [1.54, 1.807) is 42.1 Å². The van der Waals surface area contributed by atoms with Crippen LogP contribution < -0.4 is 16.4 Å². The van der Waals surface area contributed by atoms with Gasteiger partial charge in [0.15, 0.2) is 5.82 Å². The molecule has 0 aliphatic carbocycles. The average molecular weight is 525 g/mol. The lowest BCUT2D eigenvalue weighted by molar-refractivity contribution is 0.101. The van der Waals surface area contributed by atoms with Gasteiger partial charge < -0.3 is 15.6 Å². The Hall–Kier alpha value is -5.08. The summed E-state index contributed by atoms with van der Waals surface area (Å²) >= 11 is 1.70. The van der Waals surface area contributed by atoms with Gasteiger partial charge in [-0.05, 0) is 60.4 Å². The van der Waals surface area contributed by atoms with E-state index in [0.717, 1.165) is 16.0 Å². The van der Waals surface area contributed by atoms with Crippen molar-refractivity contribution in [2.24, 2.45) is 0 Å². The Balaban J connectivity index is 1.40. The quantitative estimate of drug-likeness (QED) is 0.218. The predicted molar refractivity (Wildman–Crippen MR) is 144 cm³/mol. The van der Waals surface area contributed by atoms with Crippen LogP contribution in [0.2, 0.25) is 0 Å². The van der Waals surface area contributed by atoms with E-state index in [4.69, 9.17) is 0 Å². The van der Waals surface area contributed by atoms with Crippen molar-refractivity contribution in [2.45, 2.75) is 11.8 Å². The van der Waals surface area contributed by atoms with Crippen molar-refractivity contribution in [2.75, 3.05) is 16.4 Å². The van der Waals surface area contributed by atoms with Crippen LogP contribution >= 0.6 is 11.8 Å². The predicted octanol–water partition coefficient (Wildman–Crippen LogP) is 5.00. The van der Waals surface area contributed by atoms with Gasteiger partial charge in [0.1, 0.15) is 5.69 Å². The second-order valence-corrected chi connectivity index (χ2v) is 9.47. The molecule has 0 fully saturated rings. The molecule has 10 nitrogen and oxygen atoms in total. The smallest absolute Gasteiger partial charge is 0.349 e. The zero-order valence-electron chi connectivity index (χ0n) is 20.0. The van der Waals surface area contributed by atoms with Crippen LogP contribution in [0.15, 0.2) is 80.9 Å². The van der Waals surface area contributed by atoms with Gasteiger partial charge in [-0.25, -0.2) is 4.79 Å². The first-order valence-electron chi connectivity index (χ1n) is 11.5. The molecule has 0 saturated heterocycles. The van der Waals surface area contributed by atoms with Crippen LogP contribution in [-0.2, 0) is 0 Å². The van der Waals surface area contributed by atoms with Crippen LogP contribution in [-0.4, -0.2) is 32.7 Å². The molecule has 0 aliphatic heterocycles. The zero-order chi connectivity index (χ0) is 26.6. The first-order chi connectivity index (χ1) is 18.4. The van der Waals surface area contributed by atoms with E-state index in [0.29, 0.717) is 33.6 Å². The molecule has 188 valence electrons. The second kappa shape index (κ2) is 10.5. The summed E-state index contributed by atoms with van der Waals surface area (Å²) < 4.78 is 4.57. The van der Waals surface area contributed by atoms with E-state index in [2.05, 4.69) is 37.2 Å². The lowest BCUT2D eigenvalue weighted by atomic mass is 10.1. The van der Waals surface area contributed by atoms with Gasteiger partial charge in [0.2, 0.25) is 0 Å². The van der Waals surface area contributed by atoms with E-state index in [1.807, 2.05) is 24.3 Å². The summed E-state index contributed by atoms with van der Waals surface area (Å²) in [6.07, 6.45) is 0. The molecule has 2 heterocycles. The van der Waals surface area contributed by atoms with Gasteiger partial charge in [-0.1, -0.05) is 24.2 Å². The van der Waals surface area contributed by atoms with Gasteiger partial charge >= 0.3 is 5.76 Å². The number of thioether (sulfide) groups is 1. The van der Waals surface area contributed by atoms with E-state index in [1.165, 1.54) is 18.2 Å². The Bertz CT molecular complexity index is 1760. The number of hydrogen-bond acceptors (Lipinski definition) is 7. The van der Waals surface area contributed by atoms with Crippen molar-refractivity contribution in [3.63, 3.8) is 0 Å². The standard InChI is InChI=1S/C27H20N6O4S/c1-2-38-18-9-7-16(8-10-18)25(34)31-21-5-3-4-17-13-22(29-23(17)21)26(35)30-20-11-6-15(14-28)12-19(20)24-32-27(36)37-33-24/h3-13,29H,2H2,1H3,(H,30,35)(H,31,34)(H,32,33,36). The Morgan fingerprint density at radius 3 is 2.50 bits per heavy atom. The Labute approximate surface area is 220 Å². The number of rotatable bonds is 7. The number of nitrogens with one attached hydrogen (secondary N) is 4. The third-order valence-corrected chi connectivity index (χ3v) is 6.56. The van der Waals surface area contributed by atoms with E-state index in [9.17, 15) is 19.6 Å². The van der Waals surface area contributed by atoms with Crippen LogP contribution in [0.25, 0.3) is 22.3 Å². The normalized spacial score (nSPS) is 10.7. The minimum absolute atomic E-state index is 0.0744. The monoisotopic (exact) mass is 524 g/mol. The molecule has 5 aromatic rings. The molecule has 0 radical (unpaired) electrons. The number of hydrogen-bond donors (Lipinski definition) is 4. The fourth-order valence-corrected chi connectivity index (χ4v) is 4.56. The van der Waals surface area contributed by atoms with Gasteiger partial charge in [0.25, 0.3) is 11.8 Å². The van der Waals surface area contributed by atoms with E-state index in [-0.39, 0.29) is 17.4 Å². The summed E-state index contributed by atoms with van der Waals surface area (Å²) in [5.74, 6) is -0.483. The van der Waals surface area contributed by atoms with Crippen LogP contribution in [0.5, 0.6) is 0 Å². The zero-order valence-corrected chi connectivity index (χ0v) is 20.8. The lowest BCUT2D eigenvalue weighted by Gasteiger charge is -2.09. The third-order valence-electron chi connectivity index (χ3n) is 5.67. The number of carbonyl (C=O) groups excluding carboxylic acids is 2. The highest BCUT2D eigenvalue weighted by Gasteiger charge is 2.17. The molecule has 11 heteroatoms. The highest BCUT2D eigenvalue weighted by molar-refractivity contribution is 7.99. The molecule has 4 N–H and O–H groups in total. The summed E-state index contributed by atoms with van der Waals surface area (Å²) in [5, 5.41) is 19.3.